The number of rotatable bonds is 4. The van der Waals surface area contributed by atoms with E-state index in [0.717, 1.165) is 17.8 Å². The molecule has 0 aromatic carbocycles. The molecular weight excluding hydrogens is 178 g/mol. The van der Waals surface area contributed by atoms with Gasteiger partial charge in [0.2, 0.25) is 0 Å². The number of nitrogens with one attached hydrogen (secondary N) is 1. The zero-order valence-electron chi connectivity index (χ0n) is 9.02. The maximum atomic E-state index is 11.1. The van der Waals surface area contributed by atoms with Crippen LogP contribution in [-0.4, -0.2) is 17.6 Å². The van der Waals surface area contributed by atoms with E-state index in [-0.39, 0.29) is 5.97 Å². The number of carbonyl (C=O) groups is 1. The van der Waals surface area contributed by atoms with Gasteiger partial charge in [0, 0.05) is 17.8 Å². The first kappa shape index (κ1) is 10.8. The van der Waals surface area contributed by atoms with Crippen molar-refractivity contribution < 1.29 is 9.53 Å². The third-order valence-corrected chi connectivity index (χ3v) is 2.16. The number of carbonyl (C=O) groups excluding carboxylic acids is 1. The van der Waals surface area contributed by atoms with Gasteiger partial charge < -0.3 is 9.72 Å². The maximum absolute atomic E-state index is 11.1. The average molecular weight is 195 g/mol. The van der Waals surface area contributed by atoms with Crippen molar-refractivity contribution in [2.75, 3.05) is 6.61 Å². The fourth-order valence-electron chi connectivity index (χ4n) is 1.51. The maximum Gasteiger partial charge on any atom is 0.306 e. The van der Waals surface area contributed by atoms with Crippen LogP contribution in [0.1, 0.15) is 30.3 Å². The molecule has 0 atom stereocenters. The molecule has 78 valence electrons. The second-order valence-corrected chi connectivity index (χ2v) is 3.41. The molecule has 0 radical (unpaired) electrons. The minimum Gasteiger partial charge on any atom is -0.466 e. The van der Waals surface area contributed by atoms with E-state index in [1.807, 2.05) is 20.8 Å². The van der Waals surface area contributed by atoms with Crippen LogP contribution in [0.3, 0.4) is 0 Å². The molecule has 0 aliphatic heterocycles. The number of aromatic nitrogens is 1. The smallest absolute Gasteiger partial charge is 0.306 e. The Hall–Kier alpha value is -1.25. The van der Waals surface area contributed by atoms with Gasteiger partial charge in [0.15, 0.2) is 0 Å². The predicted octanol–water partition coefficient (Wildman–Crippen LogP) is 2.13. The lowest BCUT2D eigenvalue weighted by atomic mass is 10.1. The van der Waals surface area contributed by atoms with Crippen molar-refractivity contribution in [3.8, 4) is 0 Å². The molecule has 0 amide bonds. The first-order chi connectivity index (χ1) is 6.63. The highest BCUT2D eigenvalue weighted by atomic mass is 16.5. The zero-order chi connectivity index (χ0) is 10.6. The fourth-order valence-corrected chi connectivity index (χ4v) is 1.51. The Morgan fingerprint density at radius 2 is 2.21 bits per heavy atom. The van der Waals surface area contributed by atoms with Crippen LogP contribution in [-0.2, 0) is 16.0 Å². The predicted molar refractivity (Wildman–Crippen MR) is 55.2 cm³/mol. The highest BCUT2D eigenvalue weighted by Crippen LogP contribution is 2.11. The summed E-state index contributed by atoms with van der Waals surface area (Å²) in [6.45, 7) is 6.32. The van der Waals surface area contributed by atoms with E-state index in [1.54, 1.807) is 0 Å². The van der Waals surface area contributed by atoms with Crippen LogP contribution in [0.4, 0.5) is 0 Å². The number of esters is 1. The van der Waals surface area contributed by atoms with Crippen LogP contribution in [0.25, 0.3) is 0 Å². The van der Waals surface area contributed by atoms with Crippen molar-refractivity contribution in [1.29, 1.82) is 0 Å². The number of aromatic amines is 1. The molecule has 1 aromatic heterocycles. The second kappa shape index (κ2) is 4.84. The Labute approximate surface area is 84.5 Å². The Morgan fingerprint density at radius 3 is 2.71 bits per heavy atom. The molecule has 0 aliphatic carbocycles. The summed E-state index contributed by atoms with van der Waals surface area (Å²) in [7, 11) is 0. The molecule has 0 saturated carbocycles. The SMILES string of the molecule is CCOC(=O)CCc1cc(C)[nH]c1C. The molecule has 1 N–H and O–H groups in total. The fraction of sp³-hybridized carbons (Fsp3) is 0.545. The Morgan fingerprint density at radius 1 is 1.50 bits per heavy atom. The van der Waals surface area contributed by atoms with E-state index in [4.69, 9.17) is 4.74 Å². The summed E-state index contributed by atoms with van der Waals surface area (Å²) in [5.74, 6) is -0.120. The number of aryl methyl sites for hydroxylation is 3. The van der Waals surface area contributed by atoms with E-state index in [1.165, 1.54) is 5.56 Å². The van der Waals surface area contributed by atoms with Crippen molar-refractivity contribution in [2.24, 2.45) is 0 Å². The zero-order valence-corrected chi connectivity index (χ0v) is 9.02. The van der Waals surface area contributed by atoms with E-state index < -0.39 is 0 Å². The van der Waals surface area contributed by atoms with Crippen LogP contribution in [0.5, 0.6) is 0 Å². The van der Waals surface area contributed by atoms with Gasteiger partial charge in [-0.2, -0.15) is 0 Å². The Balaban J connectivity index is 2.45. The lowest BCUT2D eigenvalue weighted by Crippen LogP contribution is -2.05. The Bertz CT molecular complexity index is 315. The average Bonchev–Trinajstić information content (AvgIpc) is 2.42. The normalized spacial score (nSPS) is 10.2. The van der Waals surface area contributed by atoms with Crippen molar-refractivity contribution in [2.45, 2.75) is 33.6 Å². The third kappa shape index (κ3) is 2.91. The summed E-state index contributed by atoms with van der Waals surface area (Å²) in [5, 5.41) is 0. The number of H-pyrrole nitrogens is 1. The van der Waals surface area contributed by atoms with Crippen LogP contribution in [0.2, 0.25) is 0 Å². The lowest BCUT2D eigenvalue weighted by molar-refractivity contribution is -0.143. The van der Waals surface area contributed by atoms with Gasteiger partial charge in [0.1, 0.15) is 0 Å². The van der Waals surface area contributed by atoms with Gasteiger partial charge in [-0.1, -0.05) is 0 Å². The lowest BCUT2D eigenvalue weighted by Gasteiger charge is -2.00. The van der Waals surface area contributed by atoms with E-state index >= 15 is 0 Å². The molecule has 3 nitrogen and oxygen atoms in total. The van der Waals surface area contributed by atoms with Gasteiger partial charge in [-0.25, -0.2) is 0 Å². The minimum absolute atomic E-state index is 0.120. The van der Waals surface area contributed by atoms with Crippen molar-refractivity contribution in [1.82, 2.24) is 4.98 Å². The topological polar surface area (TPSA) is 42.1 Å². The van der Waals surface area contributed by atoms with Crippen molar-refractivity contribution in [3.63, 3.8) is 0 Å². The first-order valence-electron chi connectivity index (χ1n) is 4.94. The number of hydrogen-bond donors (Lipinski definition) is 1. The van der Waals surface area contributed by atoms with Crippen LogP contribution < -0.4 is 0 Å². The van der Waals surface area contributed by atoms with Gasteiger partial charge in [0.25, 0.3) is 0 Å². The van der Waals surface area contributed by atoms with Crippen molar-refractivity contribution >= 4 is 5.97 Å². The van der Waals surface area contributed by atoms with Gasteiger partial charge in [-0.05, 0) is 38.8 Å². The van der Waals surface area contributed by atoms with Crippen LogP contribution in [0.15, 0.2) is 6.07 Å². The molecule has 1 rings (SSSR count). The molecule has 14 heavy (non-hydrogen) atoms. The standard InChI is InChI=1S/C11H17NO2/c1-4-14-11(13)6-5-10-7-8(2)12-9(10)3/h7,12H,4-6H2,1-3H3. The van der Waals surface area contributed by atoms with Crippen LogP contribution >= 0.6 is 0 Å². The number of ether oxygens (including phenoxy) is 1. The molecule has 3 heteroatoms. The quantitative estimate of drug-likeness (QED) is 0.748. The van der Waals surface area contributed by atoms with E-state index in [9.17, 15) is 4.79 Å². The molecular formula is C11H17NO2. The highest BCUT2D eigenvalue weighted by molar-refractivity contribution is 5.69. The van der Waals surface area contributed by atoms with Gasteiger partial charge in [0.05, 0.1) is 6.61 Å². The summed E-state index contributed by atoms with van der Waals surface area (Å²) in [6, 6.07) is 2.08. The minimum atomic E-state index is -0.120. The molecule has 1 aromatic rings. The molecule has 0 fully saturated rings. The van der Waals surface area contributed by atoms with E-state index in [0.29, 0.717) is 13.0 Å². The Kier molecular flexibility index (Phi) is 3.74. The number of hydrogen-bond acceptors (Lipinski definition) is 2. The highest BCUT2D eigenvalue weighted by Gasteiger charge is 2.06. The molecule has 1 heterocycles. The molecule has 0 spiro atoms. The molecule has 0 bridgehead atoms. The molecule has 0 unspecified atom stereocenters. The first-order valence-corrected chi connectivity index (χ1v) is 4.94. The van der Waals surface area contributed by atoms with Gasteiger partial charge in [-0.3, -0.25) is 4.79 Å². The molecule has 0 saturated heterocycles. The van der Waals surface area contributed by atoms with Crippen molar-refractivity contribution in [3.05, 3.63) is 23.0 Å². The summed E-state index contributed by atoms with van der Waals surface area (Å²) < 4.78 is 4.86. The van der Waals surface area contributed by atoms with E-state index in [2.05, 4.69) is 11.1 Å². The third-order valence-electron chi connectivity index (χ3n) is 2.16. The monoisotopic (exact) mass is 195 g/mol. The summed E-state index contributed by atoms with van der Waals surface area (Å²) in [4.78, 5) is 14.3. The van der Waals surface area contributed by atoms with Gasteiger partial charge >= 0.3 is 5.97 Å². The van der Waals surface area contributed by atoms with Crippen LogP contribution in [0, 0.1) is 13.8 Å². The largest absolute Gasteiger partial charge is 0.466 e. The second-order valence-electron chi connectivity index (χ2n) is 3.41. The molecule has 0 aliphatic rings. The van der Waals surface area contributed by atoms with Gasteiger partial charge in [-0.15, -0.1) is 0 Å². The summed E-state index contributed by atoms with van der Waals surface area (Å²) in [5.41, 5.74) is 3.49. The summed E-state index contributed by atoms with van der Waals surface area (Å²) in [6.07, 6.45) is 1.22. The summed E-state index contributed by atoms with van der Waals surface area (Å²) >= 11 is 0.